The molecule has 0 aliphatic rings. The average Bonchev–Trinajstić information content (AvgIpc) is 2.30. The van der Waals surface area contributed by atoms with Crippen LogP contribution >= 0.6 is 0 Å². The molecule has 1 rings (SSSR count). The smallest absolute Gasteiger partial charge is 0.269 e. The summed E-state index contributed by atoms with van der Waals surface area (Å²) in [5, 5.41) is 22.5. The van der Waals surface area contributed by atoms with Crippen molar-refractivity contribution in [2.75, 3.05) is 25.6 Å². The molecule has 0 heterocycles. The summed E-state index contributed by atoms with van der Waals surface area (Å²) in [5.74, 6) is 0. The maximum absolute atomic E-state index is 10.5. The summed E-state index contributed by atoms with van der Waals surface area (Å²) in [7, 11) is 1.59. The van der Waals surface area contributed by atoms with Gasteiger partial charge in [0.15, 0.2) is 0 Å². The third-order valence-corrected chi connectivity index (χ3v) is 2.29. The lowest BCUT2D eigenvalue weighted by Crippen LogP contribution is -2.26. The van der Waals surface area contributed by atoms with E-state index in [9.17, 15) is 10.1 Å². The Morgan fingerprint density at radius 2 is 2.12 bits per heavy atom. The van der Waals surface area contributed by atoms with Crippen molar-refractivity contribution in [3.8, 4) is 0 Å². The second-order valence-electron chi connectivity index (χ2n) is 3.61. The van der Waals surface area contributed by atoms with E-state index in [4.69, 9.17) is 9.84 Å². The molecule has 6 nitrogen and oxygen atoms in total. The molecule has 0 aliphatic heterocycles. The number of nitrogens with zero attached hydrogens (tertiary/aromatic N) is 1. The number of ether oxygens (including phenoxy) is 1. The molecule has 2 N–H and O–H groups in total. The van der Waals surface area contributed by atoms with E-state index in [2.05, 4.69) is 5.32 Å². The van der Waals surface area contributed by atoms with E-state index in [1.54, 1.807) is 19.2 Å². The molecule has 94 valence electrons. The Morgan fingerprint density at radius 1 is 1.47 bits per heavy atom. The van der Waals surface area contributed by atoms with Gasteiger partial charge in [0.1, 0.15) is 0 Å². The summed E-state index contributed by atoms with van der Waals surface area (Å²) < 4.78 is 5.01. The van der Waals surface area contributed by atoms with Crippen molar-refractivity contribution in [2.45, 2.75) is 12.5 Å². The molecule has 0 saturated carbocycles. The number of aliphatic hydroxyl groups excluding tert-OH is 1. The van der Waals surface area contributed by atoms with Gasteiger partial charge in [0.25, 0.3) is 5.69 Å². The van der Waals surface area contributed by atoms with E-state index in [0.29, 0.717) is 13.0 Å². The van der Waals surface area contributed by atoms with Crippen LogP contribution < -0.4 is 5.32 Å². The summed E-state index contributed by atoms with van der Waals surface area (Å²) in [6.45, 7) is 0.533. The molecule has 0 bridgehead atoms. The first kappa shape index (κ1) is 13.4. The molecule has 0 saturated heterocycles. The Hall–Kier alpha value is -1.66. The molecule has 0 fully saturated rings. The van der Waals surface area contributed by atoms with Gasteiger partial charge in [-0.15, -0.1) is 0 Å². The van der Waals surface area contributed by atoms with Gasteiger partial charge in [0.2, 0.25) is 0 Å². The lowest BCUT2D eigenvalue weighted by Gasteiger charge is -2.17. The summed E-state index contributed by atoms with van der Waals surface area (Å²) in [6, 6.07) is 6.14. The first-order valence-corrected chi connectivity index (χ1v) is 5.28. The second kappa shape index (κ2) is 6.82. The molecule has 0 aromatic heterocycles. The van der Waals surface area contributed by atoms with E-state index in [0.717, 1.165) is 5.69 Å². The van der Waals surface area contributed by atoms with Gasteiger partial charge in [-0.05, 0) is 18.6 Å². The van der Waals surface area contributed by atoms with Gasteiger partial charge in [-0.2, -0.15) is 0 Å². The molecule has 1 atom stereocenters. The van der Waals surface area contributed by atoms with E-state index in [1.807, 2.05) is 0 Å². The highest BCUT2D eigenvalue weighted by atomic mass is 16.6. The first-order valence-electron chi connectivity index (χ1n) is 5.28. The fourth-order valence-electron chi connectivity index (χ4n) is 1.47. The third kappa shape index (κ3) is 4.38. The number of hydrogen-bond donors (Lipinski definition) is 2. The Morgan fingerprint density at radius 3 is 2.59 bits per heavy atom. The van der Waals surface area contributed by atoms with Crippen LogP contribution in [-0.4, -0.2) is 36.4 Å². The second-order valence-corrected chi connectivity index (χ2v) is 3.61. The van der Waals surface area contributed by atoms with Crippen LogP contribution in [0.3, 0.4) is 0 Å². The molecule has 0 spiro atoms. The number of rotatable bonds is 7. The lowest BCUT2D eigenvalue weighted by atomic mass is 10.2. The molecule has 6 heteroatoms. The summed E-state index contributed by atoms with van der Waals surface area (Å²) in [6.07, 6.45) is 0.560. The number of nitrogens with one attached hydrogen (secondary N) is 1. The Balaban J connectivity index is 2.62. The summed E-state index contributed by atoms with van der Waals surface area (Å²) >= 11 is 0. The maximum atomic E-state index is 10.5. The maximum Gasteiger partial charge on any atom is 0.269 e. The molecule has 0 radical (unpaired) electrons. The van der Waals surface area contributed by atoms with Crippen LogP contribution in [0.25, 0.3) is 0 Å². The van der Waals surface area contributed by atoms with Crippen LogP contribution in [0.5, 0.6) is 0 Å². The van der Waals surface area contributed by atoms with Gasteiger partial charge in [0, 0.05) is 31.5 Å². The van der Waals surface area contributed by atoms with Crippen LogP contribution in [0.1, 0.15) is 6.42 Å². The van der Waals surface area contributed by atoms with E-state index in [1.165, 1.54) is 12.1 Å². The third-order valence-electron chi connectivity index (χ3n) is 2.29. The van der Waals surface area contributed by atoms with Crippen molar-refractivity contribution in [3.05, 3.63) is 34.4 Å². The monoisotopic (exact) mass is 240 g/mol. The van der Waals surface area contributed by atoms with Gasteiger partial charge in [-0.25, -0.2) is 0 Å². The van der Waals surface area contributed by atoms with E-state index < -0.39 is 4.92 Å². The van der Waals surface area contributed by atoms with Crippen molar-refractivity contribution in [1.29, 1.82) is 0 Å². The van der Waals surface area contributed by atoms with Crippen LogP contribution in [0.15, 0.2) is 24.3 Å². The van der Waals surface area contributed by atoms with E-state index in [-0.39, 0.29) is 18.3 Å². The highest BCUT2D eigenvalue weighted by Crippen LogP contribution is 2.16. The lowest BCUT2D eigenvalue weighted by molar-refractivity contribution is -0.384. The molecule has 17 heavy (non-hydrogen) atoms. The number of aliphatic hydroxyl groups is 1. The number of non-ortho nitro benzene ring substituents is 1. The minimum Gasteiger partial charge on any atom is -0.396 e. The van der Waals surface area contributed by atoms with Gasteiger partial charge in [-0.1, -0.05) is 0 Å². The molecule has 0 aliphatic carbocycles. The molecule has 0 amide bonds. The van der Waals surface area contributed by atoms with Gasteiger partial charge < -0.3 is 15.2 Å². The van der Waals surface area contributed by atoms with E-state index >= 15 is 0 Å². The largest absolute Gasteiger partial charge is 0.396 e. The quantitative estimate of drug-likeness (QED) is 0.556. The zero-order valence-corrected chi connectivity index (χ0v) is 9.63. The number of nitro benzene ring substituents is 1. The highest BCUT2D eigenvalue weighted by molar-refractivity contribution is 5.49. The predicted molar refractivity (Wildman–Crippen MR) is 64.1 cm³/mol. The molecular formula is C11H16N2O4. The van der Waals surface area contributed by atoms with Crippen molar-refractivity contribution in [2.24, 2.45) is 0 Å². The number of anilines is 1. The number of nitro groups is 1. The van der Waals surface area contributed by atoms with Gasteiger partial charge in [-0.3, -0.25) is 10.1 Å². The topological polar surface area (TPSA) is 84.6 Å². The number of methoxy groups -OCH3 is 1. The van der Waals surface area contributed by atoms with Crippen molar-refractivity contribution in [1.82, 2.24) is 0 Å². The molecule has 1 aromatic carbocycles. The molecular weight excluding hydrogens is 224 g/mol. The Kier molecular flexibility index (Phi) is 5.38. The van der Waals surface area contributed by atoms with Gasteiger partial charge >= 0.3 is 0 Å². The summed E-state index contributed by atoms with van der Waals surface area (Å²) in [4.78, 5) is 10.0. The van der Waals surface area contributed by atoms with Gasteiger partial charge in [0.05, 0.1) is 17.6 Å². The first-order chi connectivity index (χ1) is 8.17. The zero-order chi connectivity index (χ0) is 12.7. The van der Waals surface area contributed by atoms with Crippen molar-refractivity contribution >= 4 is 11.4 Å². The average molecular weight is 240 g/mol. The number of hydrogen-bond acceptors (Lipinski definition) is 5. The van der Waals surface area contributed by atoms with Crippen molar-refractivity contribution in [3.63, 3.8) is 0 Å². The Bertz CT molecular complexity index is 347. The number of benzene rings is 1. The minimum absolute atomic E-state index is 0.00791. The minimum atomic E-state index is -0.440. The standard InChI is InChI=1S/C11H16N2O4/c1-17-8-10(6-7-14)12-9-2-4-11(5-3-9)13(15)16/h2-5,10,12,14H,6-8H2,1H3. The fourth-order valence-corrected chi connectivity index (χ4v) is 1.47. The van der Waals surface area contributed by atoms with Crippen LogP contribution in [0.4, 0.5) is 11.4 Å². The Labute approximate surface area is 99.4 Å². The SMILES string of the molecule is COCC(CCO)Nc1ccc([N+](=O)[O-])cc1. The summed E-state index contributed by atoms with van der Waals surface area (Å²) in [5.41, 5.74) is 0.826. The highest BCUT2D eigenvalue weighted by Gasteiger charge is 2.09. The van der Waals surface area contributed by atoms with Crippen LogP contribution in [0.2, 0.25) is 0 Å². The van der Waals surface area contributed by atoms with Crippen molar-refractivity contribution < 1.29 is 14.8 Å². The fraction of sp³-hybridized carbons (Fsp3) is 0.455. The zero-order valence-electron chi connectivity index (χ0n) is 9.63. The predicted octanol–water partition coefficient (Wildman–Crippen LogP) is 1.40. The molecule has 1 unspecified atom stereocenters. The normalized spacial score (nSPS) is 12.1. The van der Waals surface area contributed by atoms with Crippen LogP contribution in [-0.2, 0) is 4.74 Å². The van der Waals surface area contributed by atoms with Crippen LogP contribution in [0, 0.1) is 10.1 Å². The molecule has 1 aromatic rings.